The Balaban J connectivity index is 2.23. The maximum Gasteiger partial charge on any atom is 0.347 e. The summed E-state index contributed by atoms with van der Waals surface area (Å²) in [5, 5.41) is 8.86. The van der Waals surface area contributed by atoms with Gasteiger partial charge in [0.05, 0.1) is 12.9 Å². The normalized spacial score (nSPS) is 12.2. The average Bonchev–Trinajstić information content (AvgIpc) is 2.76. The van der Waals surface area contributed by atoms with Gasteiger partial charge in [0.25, 0.3) is 0 Å². The van der Waals surface area contributed by atoms with E-state index in [0.29, 0.717) is 12.1 Å². The number of aromatic nitrogens is 4. The molecule has 0 aliphatic carbocycles. The van der Waals surface area contributed by atoms with Crippen molar-refractivity contribution in [3.05, 3.63) is 34.2 Å². The van der Waals surface area contributed by atoms with Crippen molar-refractivity contribution in [3.63, 3.8) is 0 Å². The number of hydrogen-bond acceptors (Lipinski definition) is 4. The van der Waals surface area contributed by atoms with Crippen LogP contribution in [0.1, 0.15) is 19.0 Å². The summed E-state index contributed by atoms with van der Waals surface area (Å²) >= 11 is 0. The number of aryl methyl sites for hydroxylation is 1. The number of nitrogens with zero attached hydrogens (tertiary/aromatic N) is 2. The van der Waals surface area contributed by atoms with Crippen molar-refractivity contribution in [2.45, 2.75) is 19.8 Å². The number of imidazole rings is 1. The number of aliphatic hydroxyl groups excluding tert-OH is 1. The fraction of sp³-hybridized carbons (Fsp3) is 0.364. The van der Waals surface area contributed by atoms with Gasteiger partial charge in [-0.3, -0.25) is 0 Å². The molecule has 3 N–H and O–H groups in total. The Hall–Kier alpha value is -1.95. The van der Waals surface area contributed by atoms with Gasteiger partial charge in [0.15, 0.2) is 5.65 Å². The quantitative estimate of drug-likeness (QED) is 0.672. The summed E-state index contributed by atoms with van der Waals surface area (Å²) in [6, 6.07) is 0. The summed E-state index contributed by atoms with van der Waals surface area (Å²) in [5.74, 6) is 0. The van der Waals surface area contributed by atoms with Crippen molar-refractivity contribution in [2.24, 2.45) is 0 Å². The Morgan fingerprint density at radius 3 is 3.18 bits per heavy atom. The largest absolute Gasteiger partial charge is 0.392 e. The van der Waals surface area contributed by atoms with E-state index in [4.69, 9.17) is 5.11 Å². The second kappa shape index (κ2) is 4.92. The summed E-state index contributed by atoms with van der Waals surface area (Å²) in [4.78, 5) is 24.6. The minimum Gasteiger partial charge on any atom is -0.392 e. The van der Waals surface area contributed by atoms with Gasteiger partial charge >= 0.3 is 5.69 Å². The van der Waals surface area contributed by atoms with Crippen molar-refractivity contribution in [1.82, 2.24) is 19.9 Å². The smallest absolute Gasteiger partial charge is 0.347 e. The second-order valence-corrected chi connectivity index (χ2v) is 3.87. The highest BCUT2D eigenvalue weighted by molar-refractivity contribution is 5.71. The van der Waals surface area contributed by atoms with E-state index in [1.807, 2.05) is 13.0 Å². The maximum absolute atomic E-state index is 11.3. The van der Waals surface area contributed by atoms with Crippen LogP contribution in [-0.4, -0.2) is 31.6 Å². The molecule has 2 heterocycles. The van der Waals surface area contributed by atoms with Gasteiger partial charge in [0.2, 0.25) is 0 Å². The lowest BCUT2D eigenvalue weighted by Gasteiger charge is -2.00. The van der Waals surface area contributed by atoms with E-state index in [1.54, 1.807) is 0 Å². The fourth-order valence-corrected chi connectivity index (χ4v) is 1.62. The summed E-state index contributed by atoms with van der Waals surface area (Å²) in [6.45, 7) is 1.92. The molecule has 0 atom stereocenters. The molecular weight excluding hydrogens is 220 g/mol. The average molecular weight is 234 g/mol. The Bertz CT molecular complexity index is 597. The zero-order valence-corrected chi connectivity index (χ0v) is 9.53. The van der Waals surface area contributed by atoms with Gasteiger partial charge in [0, 0.05) is 5.69 Å². The Kier molecular flexibility index (Phi) is 3.34. The molecule has 0 saturated heterocycles. The molecular formula is C11H14N4O2. The molecule has 0 bridgehead atoms. The minimum absolute atomic E-state index is 0.0618. The fourth-order valence-electron chi connectivity index (χ4n) is 1.62. The molecule has 0 unspecified atom stereocenters. The van der Waals surface area contributed by atoms with Crippen molar-refractivity contribution >= 4 is 11.2 Å². The second-order valence-electron chi connectivity index (χ2n) is 3.87. The van der Waals surface area contributed by atoms with Crippen LogP contribution in [0.4, 0.5) is 0 Å². The number of aromatic amines is 2. The van der Waals surface area contributed by atoms with Gasteiger partial charge in [-0.25, -0.2) is 9.78 Å². The van der Waals surface area contributed by atoms with Gasteiger partial charge in [-0.15, -0.1) is 0 Å². The van der Waals surface area contributed by atoms with Crippen LogP contribution in [0.15, 0.2) is 22.8 Å². The molecule has 0 fully saturated rings. The molecule has 90 valence electrons. The van der Waals surface area contributed by atoms with Gasteiger partial charge in [0.1, 0.15) is 5.52 Å². The number of aliphatic hydroxyl groups is 1. The minimum atomic E-state index is -0.387. The zero-order chi connectivity index (χ0) is 12.3. The van der Waals surface area contributed by atoms with Crippen LogP contribution in [-0.2, 0) is 6.42 Å². The number of fused-ring (bicyclic) bond motifs is 1. The first-order valence-corrected chi connectivity index (χ1v) is 5.39. The molecule has 0 aliphatic heterocycles. The molecule has 0 aromatic carbocycles. The molecule has 0 spiro atoms. The van der Waals surface area contributed by atoms with Crippen LogP contribution >= 0.6 is 0 Å². The maximum atomic E-state index is 11.3. The van der Waals surface area contributed by atoms with Crippen LogP contribution in [0.3, 0.4) is 0 Å². The molecule has 0 radical (unpaired) electrons. The molecule has 17 heavy (non-hydrogen) atoms. The van der Waals surface area contributed by atoms with E-state index < -0.39 is 0 Å². The van der Waals surface area contributed by atoms with E-state index in [-0.39, 0.29) is 12.3 Å². The number of allylic oxidation sites excluding steroid dienone is 1. The van der Waals surface area contributed by atoms with Gasteiger partial charge in [-0.1, -0.05) is 11.6 Å². The summed E-state index contributed by atoms with van der Waals surface area (Å²) in [7, 11) is 0. The summed E-state index contributed by atoms with van der Waals surface area (Å²) in [5.41, 5.74) is 2.52. The topological polar surface area (TPSA) is 94.7 Å². The number of nitrogens with one attached hydrogen (secondary N) is 2. The first-order valence-electron chi connectivity index (χ1n) is 5.39. The third-order valence-corrected chi connectivity index (χ3v) is 2.52. The Labute approximate surface area is 97.4 Å². The summed E-state index contributed by atoms with van der Waals surface area (Å²) in [6.07, 6.45) is 4.89. The Morgan fingerprint density at radius 1 is 1.59 bits per heavy atom. The third kappa shape index (κ3) is 2.59. The monoisotopic (exact) mass is 234 g/mol. The van der Waals surface area contributed by atoms with E-state index in [1.165, 1.54) is 6.33 Å². The lowest BCUT2D eigenvalue weighted by Crippen LogP contribution is -2.13. The molecule has 6 nitrogen and oxygen atoms in total. The highest BCUT2D eigenvalue weighted by Crippen LogP contribution is 2.10. The predicted octanol–water partition coefficient (Wildman–Crippen LogP) is 0.517. The van der Waals surface area contributed by atoms with Crippen LogP contribution in [0.5, 0.6) is 0 Å². The zero-order valence-electron chi connectivity index (χ0n) is 9.53. The molecule has 0 saturated carbocycles. The molecule has 2 aromatic rings. The van der Waals surface area contributed by atoms with Gasteiger partial charge in [-0.05, 0) is 19.8 Å². The summed E-state index contributed by atoms with van der Waals surface area (Å²) < 4.78 is 0. The van der Waals surface area contributed by atoms with Gasteiger partial charge < -0.3 is 15.1 Å². The highest BCUT2D eigenvalue weighted by Gasteiger charge is 2.05. The molecule has 2 aromatic heterocycles. The number of rotatable bonds is 4. The standard InChI is InChI=1S/C11H14N4O2/c1-7(5-16)3-2-4-8-9-10(13-6-12-9)15-11(17)14-8/h3,6,16H,2,4-5H2,1H3,(H2,12,13,14,15,17)/b7-3+. The number of H-pyrrole nitrogens is 2. The van der Waals surface area contributed by atoms with Crippen molar-refractivity contribution in [2.75, 3.05) is 6.61 Å². The first kappa shape index (κ1) is 11.5. The molecule has 6 heteroatoms. The van der Waals surface area contributed by atoms with E-state index in [9.17, 15) is 4.79 Å². The van der Waals surface area contributed by atoms with Crippen molar-refractivity contribution < 1.29 is 5.11 Å². The van der Waals surface area contributed by atoms with E-state index in [2.05, 4.69) is 19.9 Å². The van der Waals surface area contributed by atoms with Crippen LogP contribution in [0, 0.1) is 0 Å². The van der Waals surface area contributed by atoms with Crippen molar-refractivity contribution in [3.8, 4) is 0 Å². The lowest BCUT2D eigenvalue weighted by atomic mass is 10.1. The third-order valence-electron chi connectivity index (χ3n) is 2.52. The van der Waals surface area contributed by atoms with Crippen LogP contribution in [0.2, 0.25) is 0 Å². The molecule has 0 aliphatic rings. The Morgan fingerprint density at radius 2 is 2.41 bits per heavy atom. The molecule has 2 rings (SSSR count). The van der Waals surface area contributed by atoms with Gasteiger partial charge in [-0.2, -0.15) is 4.98 Å². The lowest BCUT2D eigenvalue weighted by molar-refractivity contribution is 0.331. The first-order chi connectivity index (χ1) is 8.20. The molecule has 0 amide bonds. The number of hydrogen-bond donors (Lipinski definition) is 3. The van der Waals surface area contributed by atoms with Crippen molar-refractivity contribution in [1.29, 1.82) is 0 Å². The van der Waals surface area contributed by atoms with E-state index >= 15 is 0 Å². The highest BCUT2D eigenvalue weighted by atomic mass is 16.3. The van der Waals surface area contributed by atoms with Crippen LogP contribution < -0.4 is 5.69 Å². The predicted molar refractivity (Wildman–Crippen MR) is 63.7 cm³/mol. The SMILES string of the molecule is C/C(=C\CCc1[nH]c(=O)nc2nc[nH]c12)CO. The van der Waals surface area contributed by atoms with E-state index in [0.717, 1.165) is 23.2 Å². The van der Waals surface area contributed by atoms with Crippen LogP contribution in [0.25, 0.3) is 11.2 Å².